The number of likely N-dealkylation sites (N-methyl/N-ethyl adjacent to an activating group) is 1. The SMILES string of the molecule is CN1/C(=C2\C=NN(c3ccccc3)[P@]2(=S)N2CCOCC2)C(C)(C)c2ccccc21. The molecular weight excluding hydrogens is 411 g/mol. The van der Waals surface area contributed by atoms with E-state index in [-0.39, 0.29) is 5.41 Å². The minimum Gasteiger partial charge on any atom is -0.379 e. The molecule has 156 valence electrons. The second-order valence-corrected chi connectivity index (χ2v) is 12.5. The van der Waals surface area contributed by atoms with Crippen LogP contribution in [-0.2, 0) is 22.0 Å². The van der Waals surface area contributed by atoms with Gasteiger partial charge in [0.2, 0.25) is 0 Å². The van der Waals surface area contributed by atoms with Crippen molar-refractivity contribution in [1.82, 2.24) is 4.67 Å². The smallest absolute Gasteiger partial charge is 0.154 e. The summed E-state index contributed by atoms with van der Waals surface area (Å²) >= 11 is 6.61. The van der Waals surface area contributed by atoms with Crippen LogP contribution in [0.2, 0.25) is 0 Å². The molecule has 30 heavy (non-hydrogen) atoms. The van der Waals surface area contributed by atoms with E-state index in [1.54, 1.807) is 0 Å². The second-order valence-electron chi connectivity index (χ2n) is 8.41. The van der Waals surface area contributed by atoms with Gasteiger partial charge in [-0.15, -0.1) is 0 Å². The summed E-state index contributed by atoms with van der Waals surface area (Å²) in [4.78, 5) is 2.33. The largest absolute Gasteiger partial charge is 0.379 e. The highest BCUT2D eigenvalue weighted by Crippen LogP contribution is 2.67. The molecule has 0 unspecified atom stereocenters. The molecule has 1 atom stereocenters. The lowest BCUT2D eigenvalue weighted by Crippen LogP contribution is -2.38. The van der Waals surface area contributed by atoms with Gasteiger partial charge in [0.25, 0.3) is 0 Å². The molecule has 0 saturated carbocycles. The third-order valence-electron chi connectivity index (χ3n) is 6.33. The van der Waals surface area contributed by atoms with E-state index in [0.717, 1.165) is 18.8 Å². The Balaban J connectivity index is 1.72. The molecule has 0 N–H and O–H groups in total. The van der Waals surface area contributed by atoms with Gasteiger partial charge in [0.15, 0.2) is 6.34 Å². The summed E-state index contributed by atoms with van der Waals surface area (Å²) in [7, 11) is 2.16. The van der Waals surface area contributed by atoms with Gasteiger partial charge in [-0.3, -0.25) is 0 Å². The number of rotatable bonds is 2. The molecule has 3 heterocycles. The van der Waals surface area contributed by atoms with E-state index in [1.165, 1.54) is 22.3 Å². The molecular formula is C23H27N4OPS. The summed E-state index contributed by atoms with van der Waals surface area (Å²) in [6.07, 6.45) is -0.316. The number of hydrogen-bond donors (Lipinski definition) is 0. The first-order valence-corrected chi connectivity index (χ1v) is 13.1. The maximum absolute atomic E-state index is 6.61. The summed E-state index contributed by atoms with van der Waals surface area (Å²) in [5.41, 5.74) is 4.76. The normalized spacial score (nSPS) is 28.2. The predicted molar refractivity (Wildman–Crippen MR) is 129 cm³/mol. The van der Waals surface area contributed by atoms with Gasteiger partial charge < -0.3 is 9.64 Å². The summed E-state index contributed by atoms with van der Waals surface area (Å²) < 4.78 is 10.2. The molecule has 1 saturated heterocycles. The molecule has 5 nitrogen and oxygen atoms in total. The zero-order valence-electron chi connectivity index (χ0n) is 17.7. The molecule has 1 fully saturated rings. The van der Waals surface area contributed by atoms with Gasteiger partial charge in [0.05, 0.1) is 30.4 Å². The van der Waals surface area contributed by atoms with E-state index in [2.05, 4.69) is 83.8 Å². The Morgan fingerprint density at radius 2 is 1.67 bits per heavy atom. The number of anilines is 2. The Hall–Kier alpha value is -1.98. The lowest BCUT2D eigenvalue weighted by Gasteiger charge is -2.41. The van der Waals surface area contributed by atoms with Crippen LogP contribution in [-0.4, -0.2) is 44.2 Å². The second kappa shape index (κ2) is 7.31. The van der Waals surface area contributed by atoms with Crippen molar-refractivity contribution in [2.45, 2.75) is 19.3 Å². The highest BCUT2D eigenvalue weighted by atomic mass is 32.4. The molecule has 3 aliphatic heterocycles. The minimum atomic E-state index is -2.35. The fourth-order valence-electron chi connectivity index (χ4n) is 4.89. The molecule has 0 aromatic heterocycles. The molecule has 0 spiro atoms. The van der Waals surface area contributed by atoms with Gasteiger partial charge in [-0.25, -0.2) is 9.45 Å². The van der Waals surface area contributed by atoms with Crippen molar-refractivity contribution in [3.63, 3.8) is 0 Å². The number of allylic oxidation sites excluding steroid dienone is 2. The van der Waals surface area contributed by atoms with Gasteiger partial charge in [-0.2, -0.15) is 5.10 Å². The predicted octanol–water partition coefficient (Wildman–Crippen LogP) is 4.77. The molecule has 2 aromatic carbocycles. The van der Waals surface area contributed by atoms with E-state index in [0.29, 0.717) is 13.2 Å². The van der Waals surface area contributed by atoms with E-state index in [4.69, 9.17) is 21.6 Å². The Morgan fingerprint density at radius 1 is 1.00 bits per heavy atom. The van der Waals surface area contributed by atoms with Gasteiger partial charge in [-0.05, 0) is 23.8 Å². The molecule has 0 amide bonds. The lowest BCUT2D eigenvalue weighted by molar-refractivity contribution is 0.0748. The third-order valence-corrected chi connectivity index (χ3v) is 11.0. The van der Waals surface area contributed by atoms with Crippen LogP contribution in [0.1, 0.15) is 19.4 Å². The average molecular weight is 439 g/mol. The monoisotopic (exact) mass is 438 g/mol. The van der Waals surface area contributed by atoms with Gasteiger partial charge in [0.1, 0.15) is 0 Å². The van der Waals surface area contributed by atoms with E-state index in [1.807, 2.05) is 12.3 Å². The van der Waals surface area contributed by atoms with E-state index in [9.17, 15) is 0 Å². The van der Waals surface area contributed by atoms with Crippen molar-refractivity contribution in [1.29, 1.82) is 0 Å². The van der Waals surface area contributed by atoms with Crippen molar-refractivity contribution in [3.8, 4) is 0 Å². The molecule has 3 aliphatic rings. The number of fused-ring (bicyclic) bond motifs is 1. The van der Waals surface area contributed by atoms with Crippen LogP contribution in [0, 0.1) is 0 Å². The van der Waals surface area contributed by atoms with E-state index >= 15 is 0 Å². The first-order valence-electron chi connectivity index (χ1n) is 10.4. The number of para-hydroxylation sites is 2. The standard InChI is InChI=1S/C23H27N4OPS/c1-23(2)19-11-7-8-12-20(19)25(3)22(23)21-17-24-27(18-9-5-4-6-10-18)29(21,30)26-13-15-28-16-14-26/h4-12,17H,13-16H2,1-3H3/b22-21+/t29-/m1/s1. The first-order chi connectivity index (χ1) is 14.5. The van der Waals surface area contributed by atoms with Crippen LogP contribution < -0.4 is 9.68 Å². The third kappa shape index (κ3) is 2.82. The zero-order chi connectivity index (χ0) is 20.9. The van der Waals surface area contributed by atoms with Crippen molar-refractivity contribution < 1.29 is 4.74 Å². The average Bonchev–Trinajstić information content (AvgIpc) is 3.21. The topological polar surface area (TPSA) is 31.3 Å². The highest BCUT2D eigenvalue weighted by Gasteiger charge is 2.48. The molecule has 7 heteroatoms. The fraction of sp³-hybridized carbons (Fsp3) is 0.348. The molecule has 5 rings (SSSR count). The van der Waals surface area contributed by atoms with Gasteiger partial charge in [0, 0.05) is 36.9 Å². The highest BCUT2D eigenvalue weighted by molar-refractivity contribution is 8.16. The van der Waals surface area contributed by atoms with Crippen molar-refractivity contribution in [2.24, 2.45) is 5.10 Å². The number of hydrogen-bond acceptors (Lipinski definition) is 4. The Kier molecular flexibility index (Phi) is 4.86. The molecule has 0 aliphatic carbocycles. The quantitative estimate of drug-likeness (QED) is 0.631. The van der Waals surface area contributed by atoms with Crippen LogP contribution in [0.4, 0.5) is 11.4 Å². The van der Waals surface area contributed by atoms with Crippen LogP contribution in [0.3, 0.4) is 0 Å². The molecule has 0 bridgehead atoms. The minimum absolute atomic E-state index is 0.143. The maximum atomic E-state index is 6.61. The Labute approximate surface area is 183 Å². The van der Waals surface area contributed by atoms with Crippen molar-refractivity contribution >= 4 is 35.7 Å². The summed E-state index contributed by atoms with van der Waals surface area (Å²) in [6, 6.07) is 19.0. The van der Waals surface area contributed by atoms with Gasteiger partial charge >= 0.3 is 0 Å². The summed E-state index contributed by atoms with van der Waals surface area (Å²) in [5, 5.41) is 6.10. The number of hydrazone groups is 1. The summed E-state index contributed by atoms with van der Waals surface area (Å²) in [6.45, 7) is 7.69. The summed E-state index contributed by atoms with van der Waals surface area (Å²) in [5.74, 6) is 0. The Morgan fingerprint density at radius 3 is 2.37 bits per heavy atom. The van der Waals surface area contributed by atoms with E-state index < -0.39 is 6.34 Å². The Bertz CT molecular complexity index is 1080. The number of nitrogens with zero attached hydrogens (tertiary/aromatic N) is 4. The van der Waals surface area contributed by atoms with Crippen LogP contribution >= 0.6 is 6.34 Å². The number of benzene rings is 2. The maximum Gasteiger partial charge on any atom is 0.154 e. The molecule has 0 radical (unpaired) electrons. The van der Waals surface area contributed by atoms with Crippen LogP contribution in [0.5, 0.6) is 0 Å². The van der Waals surface area contributed by atoms with Crippen LogP contribution in [0.25, 0.3) is 0 Å². The lowest BCUT2D eigenvalue weighted by atomic mass is 9.84. The number of morpholine rings is 1. The number of ether oxygens (including phenoxy) is 1. The van der Waals surface area contributed by atoms with Gasteiger partial charge in [-0.1, -0.05) is 62.1 Å². The zero-order valence-corrected chi connectivity index (χ0v) is 19.4. The fourth-order valence-corrected chi connectivity index (χ4v) is 9.19. The van der Waals surface area contributed by atoms with Crippen molar-refractivity contribution in [3.05, 3.63) is 71.2 Å². The van der Waals surface area contributed by atoms with Crippen LogP contribution in [0.15, 0.2) is 70.7 Å². The molecule has 2 aromatic rings. The first kappa shape index (κ1) is 20.0. The van der Waals surface area contributed by atoms with Crippen molar-refractivity contribution in [2.75, 3.05) is 43.0 Å².